The maximum absolute atomic E-state index is 12.3. The molecule has 0 aromatic rings. The molecule has 2 aliphatic heterocycles. The van der Waals surface area contributed by atoms with E-state index < -0.39 is 41.1 Å². The Morgan fingerprint density at radius 1 is 1.54 bits per heavy atom. The first-order valence-electron chi connectivity index (χ1n) is 7.02. The molecule has 0 aliphatic carbocycles. The molecule has 0 radical (unpaired) electrons. The lowest BCUT2D eigenvalue weighted by Crippen LogP contribution is -2.62. The maximum Gasteiger partial charge on any atom is 0.357 e. The number of fused-ring (bicyclic) bond motifs is 1. The largest absolute Gasteiger partial charge is 0.607 e. The minimum absolute atomic E-state index is 0.0863. The van der Waals surface area contributed by atoms with Gasteiger partial charge in [0.05, 0.1) is 18.2 Å². The first-order valence-corrected chi connectivity index (χ1v) is 8.23. The summed E-state index contributed by atoms with van der Waals surface area (Å²) in [5.74, 6) is -2.87. The molecule has 2 amide bonds. The molecule has 0 bridgehead atoms. The molecular weight excluding hydrogens is 340 g/mol. The summed E-state index contributed by atoms with van der Waals surface area (Å²) < 4.78 is 17.1. The minimum atomic E-state index is -1.81. The number of nitrogens with zero attached hydrogens (tertiary/aromatic N) is 1. The number of carbonyl (C=O) groups is 4. The number of nitrogens with one attached hydrogen (secondary N) is 1. The Labute approximate surface area is 140 Å². The lowest BCUT2D eigenvalue weighted by atomic mass is 9.83. The normalized spacial score (nSPS) is 25.1. The molecule has 0 aromatic heterocycles. The Kier molecular flexibility index (Phi) is 5.30. The van der Waals surface area contributed by atoms with Gasteiger partial charge in [0.2, 0.25) is 11.8 Å². The van der Waals surface area contributed by atoms with Crippen molar-refractivity contribution in [1.82, 2.24) is 10.2 Å². The Bertz CT molecular complexity index is 645. The Hall–Kier alpha value is -2.33. The third kappa shape index (κ3) is 3.15. The van der Waals surface area contributed by atoms with E-state index in [4.69, 9.17) is 4.74 Å². The van der Waals surface area contributed by atoms with Crippen LogP contribution in [-0.2, 0) is 35.1 Å². The monoisotopic (exact) mass is 356 g/mol. The van der Waals surface area contributed by atoms with E-state index in [1.54, 1.807) is 6.92 Å². The van der Waals surface area contributed by atoms with E-state index in [0.29, 0.717) is 0 Å². The number of rotatable bonds is 7. The summed E-state index contributed by atoms with van der Waals surface area (Å²) in [7, 11) is 0. The fourth-order valence-electron chi connectivity index (χ4n) is 2.86. The molecular formula is C14H16N2O7S. The standard InChI is InChI=1S/C14H16N2O7S/c1-7(23-6-17)11-9-5-10(24(22)4-3-15-8(2)18)12(14(20)21)16(9)13(11)19/h3-4,6-7,9,11H,5H2,1-2H3,(H,15,18)(H,20,21)/b4-3+/t7-,9-,11-,24?/m1/s1. The Balaban J connectivity index is 2.21. The molecule has 0 aromatic carbocycles. The topological polar surface area (TPSA) is 136 Å². The van der Waals surface area contributed by atoms with E-state index in [9.17, 15) is 28.8 Å². The van der Waals surface area contributed by atoms with Crippen molar-refractivity contribution in [3.05, 3.63) is 22.2 Å². The van der Waals surface area contributed by atoms with Crippen molar-refractivity contribution in [3.63, 3.8) is 0 Å². The molecule has 0 spiro atoms. The van der Waals surface area contributed by atoms with Gasteiger partial charge in [0, 0.05) is 24.5 Å². The Morgan fingerprint density at radius 2 is 2.21 bits per heavy atom. The molecule has 1 saturated heterocycles. The van der Waals surface area contributed by atoms with Crippen molar-refractivity contribution < 1.29 is 33.6 Å². The third-order valence-corrected chi connectivity index (χ3v) is 5.10. The molecule has 4 atom stereocenters. The average Bonchev–Trinajstić information content (AvgIpc) is 2.82. The molecule has 9 nitrogen and oxygen atoms in total. The highest BCUT2D eigenvalue weighted by Gasteiger charge is 2.59. The molecule has 10 heteroatoms. The average molecular weight is 356 g/mol. The van der Waals surface area contributed by atoms with Crippen molar-refractivity contribution in [1.29, 1.82) is 0 Å². The van der Waals surface area contributed by atoms with Crippen LogP contribution in [0, 0.1) is 5.92 Å². The predicted octanol–water partition coefficient (Wildman–Crippen LogP) is -0.569. The van der Waals surface area contributed by atoms with E-state index >= 15 is 0 Å². The first kappa shape index (κ1) is 18.0. The lowest BCUT2D eigenvalue weighted by Gasteiger charge is -2.44. The molecule has 130 valence electrons. The van der Waals surface area contributed by atoms with Crippen LogP contribution >= 0.6 is 0 Å². The van der Waals surface area contributed by atoms with Gasteiger partial charge in [-0.3, -0.25) is 19.3 Å². The van der Waals surface area contributed by atoms with Gasteiger partial charge in [-0.1, -0.05) is 0 Å². The third-order valence-electron chi connectivity index (χ3n) is 3.87. The van der Waals surface area contributed by atoms with Crippen molar-refractivity contribution >= 4 is 35.4 Å². The number of hydrogen-bond acceptors (Lipinski definition) is 6. The number of aliphatic carboxylic acids is 1. The number of ether oxygens (including phenoxy) is 1. The molecule has 2 rings (SSSR count). The quantitative estimate of drug-likeness (QED) is 0.354. The van der Waals surface area contributed by atoms with Crippen LogP contribution in [0.25, 0.3) is 0 Å². The van der Waals surface area contributed by atoms with Gasteiger partial charge in [0.15, 0.2) is 10.6 Å². The predicted molar refractivity (Wildman–Crippen MR) is 81.1 cm³/mol. The van der Waals surface area contributed by atoms with Gasteiger partial charge >= 0.3 is 5.97 Å². The summed E-state index contributed by atoms with van der Waals surface area (Å²) in [5.41, 5.74) is -0.314. The van der Waals surface area contributed by atoms with Gasteiger partial charge in [-0.2, -0.15) is 0 Å². The van der Waals surface area contributed by atoms with Gasteiger partial charge in [0.25, 0.3) is 6.47 Å². The summed E-state index contributed by atoms with van der Waals surface area (Å²) in [4.78, 5) is 46.1. The van der Waals surface area contributed by atoms with E-state index in [2.05, 4.69) is 5.32 Å². The molecule has 2 heterocycles. The number of amides is 2. The fraction of sp³-hybridized carbons (Fsp3) is 0.429. The summed E-state index contributed by atoms with van der Waals surface area (Å²) in [5, 5.41) is 12.8. The lowest BCUT2D eigenvalue weighted by molar-refractivity contribution is -0.165. The van der Waals surface area contributed by atoms with Crippen molar-refractivity contribution in [2.75, 3.05) is 0 Å². The number of β-lactam (4-membered cyclic amide) rings is 1. The van der Waals surface area contributed by atoms with E-state index in [1.807, 2.05) is 0 Å². The van der Waals surface area contributed by atoms with Gasteiger partial charge in [0.1, 0.15) is 11.5 Å². The van der Waals surface area contributed by atoms with Crippen molar-refractivity contribution in [2.24, 2.45) is 5.92 Å². The fourth-order valence-corrected chi connectivity index (χ4v) is 3.93. The second-order valence-electron chi connectivity index (χ2n) is 5.32. The summed E-state index contributed by atoms with van der Waals surface area (Å²) >= 11 is -1.81. The molecule has 2 N–H and O–H groups in total. The van der Waals surface area contributed by atoms with Gasteiger partial charge < -0.3 is 19.7 Å². The van der Waals surface area contributed by atoms with Crippen molar-refractivity contribution in [2.45, 2.75) is 32.4 Å². The first-order chi connectivity index (χ1) is 11.3. The molecule has 1 fully saturated rings. The highest BCUT2D eigenvalue weighted by atomic mass is 32.2. The number of hydrogen-bond donors (Lipinski definition) is 2. The van der Waals surface area contributed by atoms with Crippen LogP contribution in [0.4, 0.5) is 0 Å². The van der Waals surface area contributed by atoms with Crippen LogP contribution < -0.4 is 5.32 Å². The van der Waals surface area contributed by atoms with E-state index in [1.165, 1.54) is 6.92 Å². The number of carboxylic acid groups (broad SMARTS) is 1. The minimum Gasteiger partial charge on any atom is -0.607 e. The van der Waals surface area contributed by atoms with Gasteiger partial charge in [-0.25, -0.2) is 4.79 Å². The zero-order valence-electron chi connectivity index (χ0n) is 12.9. The van der Waals surface area contributed by atoms with E-state index in [-0.39, 0.29) is 29.4 Å². The van der Waals surface area contributed by atoms with Gasteiger partial charge in [-0.15, -0.1) is 0 Å². The maximum atomic E-state index is 12.3. The molecule has 1 unspecified atom stereocenters. The van der Waals surface area contributed by atoms with Crippen LogP contribution in [-0.4, -0.2) is 51.0 Å². The highest BCUT2D eigenvalue weighted by molar-refractivity contribution is 7.98. The van der Waals surface area contributed by atoms with Crippen LogP contribution in [0.15, 0.2) is 22.2 Å². The number of carboxylic acids is 1. The smallest absolute Gasteiger partial charge is 0.357 e. The second-order valence-corrected chi connectivity index (χ2v) is 6.68. The zero-order chi connectivity index (χ0) is 18.0. The SMILES string of the molecule is CC(=O)N/C=C/[S+]([O-])C1=C(C(=O)O)N2C(=O)[C@H]([C@@H](C)OC=O)[C@H]2C1. The van der Waals surface area contributed by atoms with Crippen molar-refractivity contribution in [3.8, 4) is 0 Å². The Morgan fingerprint density at radius 3 is 2.75 bits per heavy atom. The van der Waals surface area contributed by atoms with Crippen LogP contribution in [0.1, 0.15) is 20.3 Å². The summed E-state index contributed by atoms with van der Waals surface area (Å²) in [6.07, 6.45) is 0.563. The highest BCUT2D eigenvalue weighted by Crippen LogP contribution is 2.45. The summed E-state index contributed by atoms with van der Waals surface area (Å²) in [6.45, 7) is 3.05. The molecule has 24 heavy (non-hydrogen) atoms. The molecule has 2 aliphatic rings. The van der Waals surface area contributed by atoms with Crippen LogP contribution in [0.3, 0.4) is 0 Å². The second kappa shape index (κ2) is 7.05. The van der Waals surface area contributed by atoms with Gasteiger partial charge in [-0.05, 0) is 6.92 Å². The number of carbonyl (C=O) groups excluding carboxylic acids is 3. The van der Waals surface area contributed by atoms with E-state index in [0.717, 1.165) is 16.5 Å². The summed E-state index contributed by atoms with van der Waals surface area (Å²) in [6, 6.07) is -0.508. The van der Waals surface area contributed by atoms with Crippen LogP contribution in [0.2, 0.25) is 0 Å². The van der Waals surface area contributed by atoms with Crippen LogP contribution in [0.5, 0.6) is 0 Å². The zero-order valence-corrected chi connectivity index (χ0v) is 13.7. The molecule has 0 saturated carbocycles.